The fourth-order valence-electron chi connectivity index (χ4n) is 4.87. The van der Waals surface area contributed by atoms with E-state index < -0.39 is 11.7 Å². The lowest BCUT2D eigenvalue weighted by Gasteiger charge is -2.27. The van der Waals surface area contributed by atoms with Crippen LogP contribution in [0.15, 0.2) is 54.6 Å². The summed E-state index contributed by atoms with van der Waals surface area (Å²) >= 11 is 0. The first-order valence-electron chi connectivity index (χ1n) is 9.46. The molecule has 1 aliphatic heterocycles. The highest BCUT2D eigenvalue weighted by atomic mass is 16.3. The van der Waals surface area contributed by atoms with Crippen molar-refractivity contribution in [3.05, 3.63) is 65.7 Å². The van der Waals surface area contributed by atoms with Gasteiger partial charge in [-0.3, -0.25) is 4.90 Å². The molecule has 0 radical (unpaired) electrons. The molecule has 1 saturated carbocycles. The van der Waals surface area contributed by atoms with Crippen molar-refractivity contribution >= 4 is 0 Å². The Labute approximate surface area is 154 Å². The van der Waals surface area contributed by atoms with Gasteiger partial charge < -0.3 is 15.3 Å². The molecule has 1 heterocycles. The van der Waals surface area contributed by atoms with Crippen molar-refractivity contribution in [3.63, 3.8) is 0 Å². The van der Waals surface area contributed by atoms with Gasteiger partial charge in [0.25, 0.3) is 0 Å². The number of likely N-dealkylation sites (tertiary alicyclic amines) is 1. The summed E-state index contributed by atoms with van der Waals surface area (Å²) in [6.07, 6.45) is 1.88. The Morgan fingerprint density at radius 3 is 2.19 bits per heavy atom. The van der Waals surface area contributed by atoms with E-state index in [9.17, 15) is 15.3 Å². The van der Waals surface area contributed by atoms with Gasteiger partial charge in [0.05, 0.1) is 11.7 Å². The van der Waals surface area contributed by atoms with Crippen LogP contribution < -0.4 is 0 Å². The average Bonchev–Trinajstić information content (AvgIpc) is 3.10. The van der Waals surface area contributed by atoms with Gasteiger partial charge in [-0.05, 0) is 47.9 Å². The van der Waals surface area contributed by atoms with Gasteiger partial charge >= 0.3 is 0 Å². The third-order valence-corrected chi connectivity index (χ3v) is 6.02. The lowest BCUT2D eigenvalue weighted by molar-refractivity contribution is 0.0328. The number of aliphatic hydroxyl groups excluding tert-OH is 1. The van der Waals surface area contributed by atoms with Crippen molar-refractivity contribution in [1.29, 1.82) is 0 Å². The van der Waals surface area contributed by atoms with Gasteiger partial charge in [-0.2, -0.15) is 0 Å². The van der Waals surface area contributed by atoms with Crippen LogP contribution in [-0.4, -0.2) is 45.5 Å². The average molecular weight is 353 g/mol. The molecule has 138 valence electrons. The summed E-state index contributed by atoms with van der Waals surface area (Å²) in [7, 11) is 0. The first-order valence-corrected chi connectivity index (χ1v) is 9.46. The summed E-state index contributed by atoms with van der Waals surface area (Å²) in [6, 6.07) is 17.0. The SMILES string of the molecule is Oc1ccc([C@@H](O)CN2CC3CC(O)(Cc4ccccc4)C[C@@H]3C2)cc1. The summed E-state index contributed by atoms with van der Waals surface area (Å²) < 4.78 is 0. The number of hydrogen-bond donors (Lipinski definition) is 3. The number of hydrogen-bond acceptors (Lipinski definition) is 4. The second-order valence-electron chi connectivity index (χ2n) is 8.14. The highest BCUT2D eigenvalue weighted by molar-refractivity contribution is 5.27. The van der Waals surface area contributed by atoms with Crippen LogP contribution in [0.3, 0.4) is 0 Å². The minimum atomic E-state index is -0.585. The van der Waals surface area contributed by atoms with Gasteiger partial charge in [0, 0.05) is 26.1 Å². The minimum absolute atomic E-state index is 0.217. The highest BCUT2D eigenvalue weighted by Gasteiger charge is 2.48. The fourth-order valence-corrected chi connectivity index (χ4v) is 4.87. The summed E-state index contributed by atoms with van der Waals surface area (Å²) in [5.41, 5.74) is 1.45. The van der Waals surface area contributed by atoms with Crippen molar-refractivity contribution in [3.8, 4) is 5.75 Å². The summed E-state index contributed by atoms with van der Waals surface area (Å²) in [5, 5.41) is 30.9. The first kappa shape index (κ1) is 17.5. The number of nitrogens with zero attached hydrogens (tertiary/aromatic N) is 1. The van der Waals surface area contributed by atoms with Crippen molar-refractivity contribution in [2.75, 3.05) is 19.6 Å². The molecule has 2 aromatic carbocycles. The number of aliphatic hydroxyl groups is 2. The van der Waals surface area contributed by atoms with E-state index in [1.165, 1.54) is 5.56 Å². The number of fused-ring (bicyclic) bond motifs is 1. The molecule has 0 bridgehead atoms. The van der Waals surface area contributed by atoms with Crippen LogP contribution in [-0.2, 0) is 6.42 Å². The molecule has 4 atom stereocenters. The molecule has 0 spiro atoms. The third kappa shape index (κ3) is 3.78. The van der Waals surface area contributed by atoms with Crippen LogP contribution >= 0.6 is 0 Å². The standard InChI is InChI=1S/C22H27NO3/c24-20-8-6-17(7-9-20)21(25)15-23-13-18-11-22(26,12-19(18)14-23)10-16-4-2-1-3-5-16/h1-9,18-19,21,24-26H,10-15H2/t18-,19?,21+,22?/m1/s1. The Hall–Kier alpha value is -1.88. The zero-order valence-corrected chi connectivity index (χ0v) is 15.0. The number of rotatable bonds is 5. The smallest absolute Gasteiger partial charge is 0.115 e. The number of benzene rings is 2. The Bertz CT molecular complexity index is 717. The quantitative estimate of drug-likeness (QED) is 0.773. The van der Waals surface area contributed by atoms with Crippen LogP contribution in [0.2, 0.25) is 0 Å². The molecule has 2 aromatic rings. The Morgan fingerprint density at radius 2 is 1.58 bits per heavy atom. The predicted molar refractivity (Wildman–Crippen MR) is 101 cm³/mol. The molecule has 0 aromatic heterocycles. The number of phenols is 1. The summed E-state index contributed by atoms with van der Waals surface area (Å²) in [6.45, 7) is 2.49. The van der Waals surface area contributed by atoms with Gasteiger partial charge in [0.2, 0.25) is 0 Å². The highest BCUT2D eigenvalue weighted by Crippen LogP contribution is 2.45. The maximum atomic E-state index is 11.0. The van der Waals surface area contributed by atoms with Gasteiger partial charge in [0.15, 0.2) is 0 Å². The first-order chi connectivity index (χ1) is 12.5. The maximum absolute atomic E-state index is 11.0. The molecule has 0 amide bonds. The van der Waals surface area contributed by atoms with E-state index in [0.29, 0.717) is 18.4 Å². The third-order valence-electron chi connectivity index (χ3n) is 6.02. The van der Waals surface area contributed by atoms with Crippen molar-refractivity contribution in [2.45, 2.75) is 31.0 Å². The van der Waals surface area contributed by atoms with E-state index in [2.05, 4.69) is 17.0 Å². The van der Waals surface area contributed by atoms with E-state index in [4.69, 9.17) is 0 Å². The molecule has 26 heavy (non-hydrogen) atoms. The second kappa shape index (κ2) is 7.03. The molecule has 4 rings (SSSR count). The maximum Gasteiger partial charge on any atom is 0.115 e. The molecule has 3 N–H and O–H groups in total. The molecule has 2 aliphatic rings. The van der Waals surface area contributed by atoms with E-state index in [-0.39, 0.29) is 5.75 Å². The molecular weight excluding hydrogens is 326 g/mol. The molecule has 1 saturated heterocycles. The monoisotopic (exact) mass is 353 g/mol. The topological polar surface area (TPSA) is 63.9 Å². The Kier molecular flexibility index (Phi) is 4.74. The molecule has 4 nitrogen and oxygen atoms in total. The van der Waals surface area contributed by atoms with Crippen molar-refractivity contribution < 1.29 is 15.3 Å². The van der Waals surface area contributed by atoms with Gasteiger partial charge in [-0.15, -0.1) is 0 Å². The van der Waals surface area contributed by atoms with Crippen LogP contribution in [0.1, 0.15) is 30.1 Å². The minimum Gasteiger partial charge on any atom is -0.508 e. The van der Waals surface area contributed by atoms with Crippen LogP contribution in [0.4, 0.5) is 0 Å². The molecule has 1 aliphatic carbocycles. The van der Waals surface area contributed by atoms with Crippen LogP contribution in [0.25, 0.3) is 0 Å². The summed E-state index contributed by atoms with van der Waals surface area (Å²) in [4.78, 5) is 2.31. The van der Waals surface area contributed by atoms with Crippen LogP contribution in [0, 0.1) is 11.8 Å². The van der Waals surface area contributed by atoms with Crippen LogP contribution in [0.5, 0.6) is 5.75 Å². The number of aromatic hydroxyl groups is 1. The zero-order chi connectivity index (χ0) is 18.1. The van der Waals surface area contributed by atoms with E-state index >= 15 is 0 Å². The zero-order valence-electron chi connectivity index (χ0n) is 15.0. The number of phenolic OH excluding ortho intramolecular Hbond substituents is 1. The molecular formula is C22H27NO3. The van der Waals surface area contributed by atoms with Gasteiger partial charge in [-0.25, -0.2) is 0 Å². The van der Waals surface area contributed by atoms with Gasteiger partial charge in [0.1, 0.15) is 5.75 Å². The van der Waals surface area contributed by atoms with Gasteiger partial charge in [-0.1, -0.05) is 42.5 Å². The van der Waals surface area contributed by atoms with E-state index in [1.807, 2.05) is 18.2 Å². The fraction of sp³-hybridized carbons (Fsp3) is 0.455. The summed E-state index contributed by atoms with van der Waals surface area (Å²) in [5.74, 6) is 1.24. The Balaban J connectivity index is 1.32. The normalized spacial score (nSPS) is 29.6. The Morgan fingerprint density at radius 1 is 0.962 bits per heavy atom. The number of β-amino-alcohol motifs (C(OH)–C–C–N with tert-alkyl or cyclic N) is 1. The molecule has 2 fully saturated rings. The lowest BCUT2D eigenvalue weighted by Crippen LogP contribution is -2.33. The van der Waals surface area contributed by atoms with E-state index in [1.54, 1.807) is 24.3 Å². The molecule has 2 unspecified atom stereocenters. The lowest BCUT2D eigenvalue weighted by atomic mass is 9.91. The van der Waals surface area contributed by atoms with Crippen molar-refractivity contribution in [2.24, 2.45) is 11.8 Å². The second-order valence-corrected chi connectivity index (χ2v) is 8.14. The molecule has 4 heteroatoms. The predicted octanol–water partition coefficient (Wildman–Crippen LogP) is 2.74. The van der Waals surface area contributed by atoms with Crippen molar-refractivity contribution in [1.82, 2.24) is 4.90 Å². The van der Waals surface area contributed by atoms with E-state index in [0.717, 1.165) is 37.9 Å². The largest absolute Gasteiger partial charge is 0.508 e.